The smallest absolute Gasteiger partial charge is 0.338 e. The first kappa shape index (κ1) is 30.6. The molecule has 0 aliphatic carbocycles. The number of carbonyl (C=O) groups is 1. The Balaban J connectivity index is 1.70. The van der Waals surface area contributed by atoms with E-state index in [2.05, 4.69) is 15.0 Å². The molecule has 0 radical (unpaired) electrons. The van der Waals surface area contributed by atoms with Crippen LogP contribution in [0.5, 0.6) is 5.75 Å². The van der Waals surface area contributed by atoms with Crippen molar-refractivity contribution in [1.82, 2.24) is 14.5 Å². The Morgan fingerprint density at radius 2 is 1.89 bits per heavy atom. The number of rotatable bonds is 8. The normalized spacial score (nSPS) is 14.8. The first-order valence-corrected chi connectivity index (χ1v) is 15.0. The number of aromatic nitrogens is 3. The van der Waals surface area contributed by atoms with Crippen molar-refractivity contribution in [1.29, 1.82) is 0 Å². The van der Waals surface area contributed by atoms with Crippen LogP contribution in [0.1, 0.15) is 43.6 Å². The zero-order valence-electron chi connectivity index (χ0n) is 24.3. The Kier molecular flexibility index (Phi) is 8.65. The lowest BCUT2D eigenvalue weighted by Gasteiger charge is -2.25. The van der Waals surface area contributed by atoms with E-state index in [1.165, 1.54) is 22.8 Å². The lowest BCUT2D eigenvalue weighted by Crippen LogP contribution is -2.40. The number of carbonyl (C=O) groups excluding carboxylic acids is 1. The lowest BCUT2D eigenvalue weighted by molar-refractivity contribution is -0.384. The summed E-state index contributed by atoms with van der Waals surface area (Å²) in [4.78, 5) is 63.0. The number of hydrogen-bond acceptors (Lipinski definition) is 11. The Bertz CT molecular complexity index is 2060. The molecule has 2 aromatic heterocycles. The molecule has 14 heteroatoms. The van der Waals surface area contributed by atoms with Gasteiger partial charge in [0.25, 0.3) is 16.8 Å². The van der Waals surface area contributed by atoms with E-state index >= 15 is 0 Å². The zero-order chi connectivity index (χ0) is 31.7. The molecule has 12 nitrogen and oxygen atoms in total. The van der Waals surface area contributed by atoms with Gasteiger partial charge < -0.3 is 14.5 Å². The van der Waals surface area contributed by atoms with Gasteiger partial charge in [0, 0.05) is 28.8 Å². The van der Waals surface area contributed by atoms with Gasteiger partial charge >= 0.3 is 5.97 Å². The number of allylic oxidation sites excluding steroid dienone is 1. The van der Waals surface area contributed by atoms with E-state index in [1.807, 2.05) is 0 Å². The topological polar surface area (TPSA) is 159 Å². The van der Waals surface area contributed by atoms with Crippen LogP contribution in [0.15, 0.2) is 84.4 Å². The van der Waals surface area contributed by atoms with E-state index in [1.54, 1.807) is 71.2 Å². The van der Waals surface area contributed by atoms with E-state index in [9.17, 15) is 24.5 Å². The average molecular weight is 634 g/mol. The maximum Gasteiger partial charge on any atom is 0.338 e. The van der Waals surface area contributed by atoms with Crippen molar-refractivity contribution in [2.75, 3.05) is 7.11 Å². The molecule has 0 unspecified atom stereocenters. The molecule has 226 valence electrons. The van der Waals surface area contributed by atoms with Gasteiger partial charge in [-0.2, -0.15) is 0 Å². The van der Waals surface area contributed by atoms with Crippen molar-refractivity contribution < 1.29 is 19.2 Å². The van der Waals surface area contributed by atoms with Crippen molar-refractivity contribution in [2.45, 2.75) is 49.9 Å². The largest absolute Gasteiger partial charge is 0.497 e. The highest BCUT2D eigenvalue weighted by Gasteiger charge is 2.34. The predicted octanol–water partition coefficient (Wildman–Crippen LogP) is 3.65. The van der Waals surface area contributed by atoms with Crippen LogP contribution in [0, 0.1) is 17.0 Å². The molecule has 0 spiro atoms. The summed E-state index contributed by atoms with van der Waals surface area (Å²) in [5.74, 6) is 0.0154. The van der Waals surface area contributed by atoms with Crippen LogP contribution in [-0.2, 0) is 9.53 Å². The van der Waals surface area contributed by atoms with Crippen LogP contribution in [0.4, 0.5) is 5.69 Å². The van der Waals surface area contributed by atoms with E-state index in [-0.39, 0.29) is 21.4 Å². The Hall–Kier alpha value is -4.82. The molecule has 2 aromatic carbocycles. The van der Waals surface area contributed by atoms with Crippen LogP contribution in [0.3, 0.4) is 0 Å². The molecular formula is C30H27N5O7S2. The Labute approximate surface area is 258 Å². The van der Waals surface area contributed by atoms with Gasteiger partial charge in [-0.1, -0.05) is 35.2 Å². The summed E-state index contributed by atoms with van der Waals surface area (Å²) in [6.45, 7) is 6.85. The summed E-state index contributed by atoms with van der Waals surface area (Å²) < 4.78 is 12.5. The first-order valence-electron chi connectivity index (χ1n) is 13.4. The molecular weight excluding hydrogens is 606 g/mol. The van der Waals surface area contributed by atoms with Crippen molar-refractivity contribution in [3.05, 3.63) is 117 Å². The highest BCUT2D eigenvalue weighted by molar-refractivity contribution is 7.99. The molecule has 1 aliphatic rings. The van der Waals surface area contributed by atoms with Gasteiger partial charge in [0.15, 0.2) is 9.96 Å². The number of non-ortho nitro benzene ring substituents is 1. The number of H-pyrrole nitrogens is 1. The number of aryl methyl sites for hydroxylation is 1. The second kappa shape index (κ2) is 12.4. The third kappa shape index (κ3) is 6.26. The number of methoxy groups -OCH3 is 1. The number of ether oxygens (including phenoxy) is 2. The van der Waals surface area contributed by atoms with Gasteiger partial charge in [-0.15, -0.1) is 0 Å². The number of thiazole rings is 1. The Morgan fingerprint density at radius 1 is 1.16 bits per heavy atom. The average Bonchev–Trinajstić information content (AvgIpc) is 3.26. The number of nitro groups is 1. The number of fused-ring (bicyclic) bond motifs is 1. The predicted molar refractivity (Wildman–Crippen MR) is 165 cm³/mol. The fourth-order valence-electron chi connectivity index (χ4n) is 4.66. The van der Waals surface area contributed by atoms with Crippen molar-refractivity contribution in [3.8, 4) is 5.75 Å². The fraction of sp³-hybridized carbons (Fsp3) is 0.233. The van der Waals surface area contributed by atoms with Gasteiger partial charge in [-0.3, -0.25) is 24.3 Å². The molecule has 1 aliphatic heterocycles. The van der Waals surface area contributed by atoms with E-state index < -0.39 is 28.6 Å². The van der Waals surface area contributed by atoms with Crippen LogP contribution in [-0.4, -0.2) is 38.6 Å². The molecule has 1 atom stereocenters. The molecule has 1 N–H and O–H groups in total. The molecule has 4 aromatic rings. The van der Waals surface area contributed by atoms with Gasteiger partial charge in [0.1, 0.15) is 5.75 Å². The maximum absolute atomic E-state index is 14.1. The third-order valence-electron chi connectivity index (χ3n) is 6.56. The molecule has 0 fully saturated rings. The number of benzene rings is 2. The fourth-order valence-corrected chi connectivity index (χ4v) is 6.62. The second-order valence-corrected chi connectivity index (χ2v) is 12.1. The van der Waals surface area contributed by atoms with E-state index in [0.29, 0.717) is 43.1 Å². The zero-order valence-corrected chi connectivity index (χ0v) is 25.9. The number of nitrogens with one attached hydrogen (secondary N) is 1. The van der Waals surface area contributed by atoms with Crippen molar-refractivity contribution in [3.63, 3.8) is 0 Å². The SMILES string of the molecule is COc1ccc([C@H]2C(C(=O)OC(C)C)=C(C)N=c3s/c(=C/c4cc([N+](=O)[O-])ccc4Sc4nc(C)cc(=O)[nH]4)c(=O)n32)cc1. The minimum Gasteiger partial charge on any atom is -0.497 e. The van der Waals surface area contributed by atoms with E-state index in [0.717, 1.165) is 23.1 Å². The Morgan fingerprint density at radius 3 is 2.52 bits per heavy atom. The molecule has 5 rings (SSSR count). The molecule has 0 bridgehead atoms. The summed E-state index contributed by atoms with van der Waals surface area (Å²) in [5.41, 5.74) is 1.20. The van der Waals surface area contributed by atoms with Gasteiger partial charge in [0.2, 0.25) is 0 Å². The standard InChI is InChI=1S/C30H27N5O7S2/c1-15(2)42-28(38)25-17(4)32-30-34(26(25)18-6-9-21(41-5)10-7-18)27(37)23(44-30)14-19-13-20(35(39)40)8-11-22(19)43-29-31-16(3)12-24(36)33-29/h6-15,26H,1-5H3,(H,31,33,36)/b23-14+/t26-/m0/s1. The summed E-state index contributed by atoms with van der Waals surface area (Å²) in [5, 5.41) is 11.9. The number of esters is 1. The van der Waals surface area contributed by atoms with Crippen molar-refractivity contribution >= 4 is 40.8 Å². The molecule has 0 amide bonds. The van der Waals surface area contributed by atoms with E-state index in [4.69, 9.17) is 9.47 Å². The monoisotopic (exact) mass is 633 g/mol. The first-order chi connectivity index (χ1) is 20.9. The van der Waals surface area contributed by atoms with Crippen LogP contribution in [0.25, 0.3) is 6.08 Å². The van der Waals surface area contributed by atoms with Gasteiger partial charge in [-0.25, -0.2) is 14.8 Å². The van der Waals surface area contributed by atoms with Crippen molar-refractivity contribution in [2.24, 2.45) is 4.99 Å². The second-order valence-electron chi connectivity index (χ2n) is 10.1. The minimum atomic E-state index is -0.842. The lowest BCUT2D eigenvalue weighted by atomic mass is 9.96. The third-order valence-corrected chi connectivity index (χ3v) is 8.52. The molecule has 0 saturated carbocycles. The number of nitrogens with zero attached hydrogens (tertiary/aromatic N) is 4. The molecule has 44 heavy (non-hydrogen) atoms. The van der Waals surface area contributed by atoms with Crippen LogP contribution < -0.4 is 25.2 Å². The van der Waals surface area contributed by atoms with Crippen LogP contribution >= 0.6 is 23.1 Å². The minimum absolute atomic E-state index is 0.176. The number of hydrogen-bond donors (Lipinski definition) is 1. The summed E-state index contributed by atoms with van der Waals surface area (Å²) in [6.07, 6.45) is 1.15. The summed E-state index contributed by atoms with van der Waals surface area (Å²) in [6, 6.07) is 11.8. The molecule has 3 heterocycles. The van der Waals surface area contributed by atoms with Crippen LogP contribution in [0.2, 0.25) is 0 Å². The molecule has 0 saturated heterocycles. The highest BCUT2D eigenvalue weighted by atomic mass is 32.2. The quantitative estimate of drug-likeness (QED) is 0.132. The summed E-state index contributed by atoms with van der Waals surface area (Å²) in [7, 11) is 1.54. The summed E-state index contributed by atoms with van der Waals surface area (Å²) >= 11 is 2.20. The maximum atomic E-state index is 14.1. The van der Waals surface area contributed by atoms with Gasteiger partial charge in [0.05, 0.1) is 40.0 Å². The number of nitro benzene ring substituents is 1. The number of aromatic amines is 1. The highest BCUT2D eigenvalue weighted by Crippen LogP contribution is 2.33. The van der Waals surface area contributed by atoms with Gasteiger partial charge in [-0.05, 0) is 63.1 Å².